The van der Waals surface area contributed by atoms with E-state index in [0.29, 0.717) is 29.0 Å². The molecule has 230 valence electrons. The molecule has 14 heteroatoms. The zero-order valence-electron chi connectivity index (χ0n) is 25.4. The third kappa shape index (κ3) is 6.32. The lowest BCUT2D eigenvalue weighted by Gasteiger charge is -2.31. The first kappa shape index (κ1) is 31.8. The van der Waals surface area contributed by atoms with Gasteiger partial charge in [-0.15, -0.1) is 16.8 Å². The van der Waals surface area contributed by atoms with Gasteiger partial charge in [-0.2, -0.15) is 5.26 Å². The van der Waals surface area contributed by atoms with Crippen LogP contribution in [-0.2, 0) is 14.8 Å². The Balaban J connectivity index is 1.86. The quantitative estimate of drug-likeness (QED) is 0.200. The van der Waals surface area contributed by atoms with Gasteiger partial charge >= 0.3 is 0 Å². The predicted octanol–water partition coefficient (Wildman–Crippen LogP) is 4.34. The molecule has 2 atom stereocenters. The van der Waals surface area contributed by atoms with Crippen molar-refractivity contribution in [2.75, 3.05) is 37.4 Å². The maximum absolute atomic E-state index is 14.3. The van der Waals surface area contributed by atoms with Crippen molar-refractivity contribution in [2.24, 2.45) is 5.92 Å². The van der Waals surface area contributed by atoms with E-state index in [2.05, 4.69) is 42.5 Å². The number of sulfonamides is 1. The van der Waals surface area contributed by atoms with Crippen molar-refractivity contribution < 1.29 is 27.1 Å². The summed E-state index contributed by atoms with van der Waals surface area (Å²) in [6.07, 6.45) is 3.24. The van der Waals surface area contributed by atoms with Gasteiger partial charge in [0, 0.05) is 21.2 Å². The van der Waals surface area contributed by atoms with Crippen molar-refractivity contribution in [3.8, 4) is 34.8 Å². The standard InChI is InChI=1S/C29H38N6O6SSi/c1-8-21-19-29(2,20-30)33(27(21)36)14-17-42(37,38)34(15-18-43(5,6)7)28-32-31-26(24-13-10-16-41-24)35(28)25-22(39-3)11-9-12-23(25)40-4/h8-13,16,21H,1,14-15,17-19H2,2-7H3/t21-,29+/m1/s1. The molecule has 43 heavy (non-hydrogen) atoms. The van der Waals surface area contributed by atoms with E-state index in [4.69, 9.17) is 13.9 Å². The molecule has 1 fully saturated rings. The minimum atomic E-state index is -4.13. The van der Waals surface area contributed by atoms with Gasteiger partial charge in [-0.3, -0.25) is 9.36 Å². The Kier molecular flexibility index (Phi) is 9.07. The fourth-order valence-corrected chi connectivity index (χ4v) is 7.52. The summed E-state index contributed by atoms with van der Waals surface area (Å²) in [5, 5.41) is 18.6. The van der Waals surface area contributed by atoms with E-state index in [1.165, 1.54) is 35.8 Å². The van der Waals surface area contributed by atoms with Gasteiger partial charge in [0.1, 0.15) is 22.7 Å². The molecule has 0 saturated carbocycles. The average Bonchev–Trinajstić information content (AvgIpc) is 3.69. The van der Waals surface area contributed by atoms with E-state index in [1.54, 1.807) is 41.8 Å². The zero-order chi connectivity index (χ0) is 31.6. The van der Waals surface area contributed by atoms with Gasteiger partial charge in [-0.25, -0.2) is 12.7 Å². The molecule has 1 aliphatic heterocycles. The second kappa shape index (κ2) is 12.3. The van der Waals surface area contributed by atoms with E-state index >= 15 is 0 Å². The van der Waals surface area contributed by atoms with Crippen LogP contribution in [0.1, 0.15) is 13.3 Å². The molecule has 2 aromatic heterocycles. The summed E-state index contributed by atoms with van der Waals surface area (Å²) >= 11 is 0. The zero-order valence-corrected chi connectivity index (χ0v) is 27.2. The number of aromatic nitrogens is 3. The van der Waals surface area contributed by atoms with Crippen LogP contribution in [0.4, 0.5) is 5.95 Å². The van der Waals surface area contributed by atoms with Crippen LogP contribution < -0.4 is 13.8 Å². The fourth-order valence-electron chi connectivity index (χ4n) is 5.09. The third-order valence-electron chi connectivity index (χ3n) is 7.53. The number of likely N-dealkylation sites (tertiary alicyclic amines) is 1. The predicted molar refractivity (Wildman–Crippen MR) is 165 cm³/mol. The summed E-state index contributed by atoms with van der Waals surface area (Å²) in [5.74, 6) is 0.132. The molecular weight excluding hydrogens is 589 g/mol. The van der Waals surface area contributed by atoms with Gasteiger partial charge in [0.15, 0.2) is 5.76 Å². The highest BCUT2D eigenvalue weighted by molar-refractivity contribution is 7.92. The first-order valence-corrected chi connectivity index (χ1v) is 19.2. The number of carbonyl (C=O) groups is 1. The number of furan rings is 1. The lowest BCUT2D eigenvalue weighted by Crippen LogP contribution is -2.47. The van der Waals surface area contributed by atoms with Gasteiger partial charge in [0.05, 0.1) is 38.2 Å². The van der Waals surface area contributed by atoms with Crippen LogP contribution in [0.25, 0.3) is 17.3 Å². The Morgan fingerprint density at radius 1 is 1.21 bits per heavy atom. The van der Waals surface area contributed by atoms with Gasteiger partial charge in [0.2, 0.25) is 27.7 Å². The second-order valence-corrected chi connectivity index (χ2v) is 19.4. The molecular formula is C29H38N6O6SSi. The van der Waals surface area contributed by atoms with Crippen LogP contribution in [0.3, 0.4) is 0 Å². The lowest BCUT2D eigenvalue weighted by atomic mass is 9.96. The normalized spacial score (nSPS) is 18.9. The van der Waals surface area contributed by atoms with Crippen molar-refractivity contribution in [1.82, 2.24) is 19.7 Å². The molecule has 1 amide bonds. The average molecular weight is 627 g/mol. The number of hydrogen-bond acceptors (Lipinski definition) is 9. The highest BCUT2D eigenvalue weighted by Crippen LogP contribution is 2.39. The Hall–Kier alpha value is -4.09. The number of carbonyl (C=O) groups excluding carboxylic acids is 1. The minimum Gasteiger partial charge on any atom is -0.494 e. The Morgan fingerprint density at radius 3 is 2.42 bits per heavy atom. The van der Waals surface area contributed by atoms with Crippen LogP contribution in [-0.4, -0.2) is 80.7 Å². The van der Waals surface area contributed by atoms with Gasteiger partial charge < -0.3 is 18.8 Å². The van der Waals surface area contributed by atoms with E-state index in [-0.39, 0.29) is 37.2 Å². The molecule has 0 spiro atoms. The highest BCUT2D eigenvalue weighted by atomic mass is 32.2. The van der Waals surface area contributed by atoms with Crippen molar-refractivity contribution in [1.29, 1.82) is 5.26 Å². The van der Waals surface area contributed by atoms with Crippen LogP contribution in [0.5, 0.6) is 11.5 Å². The number of methoxy groups -OCH3 is 2. The Bertz CT molecular complexity index is 1600. The topological polar surface area (TPSA) is 144 Å². The van der Waals surface area contributed by atoms with Crippen LogP contribution >= 0.6 is 0 Å². The highest BCUT2D eigenvalue weighted by Gasteiger charge is 2.47. The summed E-state index contributed by atoms with van der Waals surface area (Å²) < 4.78 is 48.4. The molecule has 0 aliphatic carbocycles. The molecule has 1 saturated heterocycles. The number of para-hydroxylation sites is 1. The van der Waals surface area contributed by atoms with Gasteiger partial charge in [-0.1, -0.05) is 31.8 Å². The van der Waals surface area contributed by atoms with E-state index < -0.39 is 35.3 Å². The summed E-state index contributed by atoms with van der Waals surface area (Å²) in [4.78, 5) is 14.4. The lowest BCUT2D eigenvalue weighted by molar-refractivity contribution is -0.131. The number of nitriles is 1. The summed E-state index contributed by atoms with van der Waals surface area (Å²) in [6, 6.07) is 11.4. The first-order chi connectivity index (χ1) is 20.3. The number of amides is 1. The minimum absolute atomic E-state index is 0.0206. The maximum atomic E-state index is 14.3. The number of benzene rings is 1. The maximum Gasteiger partial charge on any atom is 0.246 e. The van der Waals surface area contributed by atoms with Gasteiger partial charge in [-0.05, 0) is 43.7 Å². The van der Waals surface area contributed by atoms with E-state index in [1.807, 2.05) is 0 Å². The molecule has 0 N–H and O–H groups in total. The number of nitrogens with zero attached hydrogens (tertiary/aromatic N) is 6. The number of anilines is 1. The SMILES string of the molecule is C=C[C@@H]1C[C@@](C)(C#N)N(CCS(=O)(=O)N(CC[Si](C)(C)C)c2nnc(-c3ccco3)n2-c2c(OC)cccc2OC)C1=O. The number of hydrogen-bond donors (Lipinski definition) is 0. The Morgan fingerprint density at radius 2 is 1.88 bits per heavy atom. The Labute approximate surface area is 253 Å². The molecule has 3 heterocycles. The smallest absolute Gasteiger partial charge is 0.246 e. The van der Waals surface area contributed by atoms with Crippen LogP contribution in [0, 0.1) is 17.2 Å². The van der Waals surface area contributed by atoms with Crippen molar-refractivity contribution in [3.05, 3.63) is 49.2 Å². The summed E-state index contributed by atoms with van der Waals surface area (Å²) in [6.45, 7) is 11.8. The van der Waals surface area contributed by atoms with E-state index in [0.717, 1.165) is 0 Å². The molecule has 1 aliphatic rings. The number of ether oxygens (including phenoxy) is 2. The molecule has 1 aromatic carbocycles. The molecule has 0 bridgehead atoms. The van der Waals surface area contributed by atoms with Crippen molar-refractivity contribution >= 4 is 30.0 Å². The molecule has 12 nitrogen and oxygen atoms in total. The van der Waals surface area contributed by atoms with Crippen molar-refractivity contribution in [2.45, 2.75) is 44.6 Å². The monoisotopic (exact) mass is 626 g/mol. The molecule has 3 aromatic rings. The molecule has 0 unspecified atom stereocenters. The largest absolute Gasteiger partial charge is 0.494 e. The van der Waals surface area contributed by atoms with E-state index in [9.17, 15) is 18.5 Å². The molecule has 4 rings (SSSR count). The third-order valence-corrected chi connectivity index (χ3v) is 11.0. The summed E-state index contributed by atoms with van der Waals surface area (Å²) in [5.41, 5.74) is -0.751. The first-order valence-electron chi connectivity index (χ1n) is 13.9. The van der Waals surface area contributed by atoms with Crippen molar-refractivity contribution in [3.63, 3.8) is 0 Å². The molecule has 0 radical (unpaired) electrons. The summed E-state index contributed by atoms with van der Waals surface area (Å²) in [7, 11) is -2.88. The number of rotatable bonds is 13. The van der Waals surface area contributed by atoms with Crippen LogP contribution in [0.15, 0.2) is 53.7 Å². The fraction of sp³-hybridized carbons (Fsp3) is 0.448. The van der Waals surface area contributed by atoms with Gasteiger partial charge in [0.25, 0.3) is 0 Å². The second-order valence-electron chi connectivity index (χ2n) is 11.8. The van der Waals surface area contributed by atoms with Crippen LogP contribution in [0.2, 0.25) is 25.7 Å².